The van der Waals surface area contributed by atoms with Gasteiger partial charge in [-0.25, -0.2) is 0 Å². The van der Waals surface area contributed by atoms with Crippen LogP contribution in [0.4, 0.5) is 5.69 Å². The largest absolute Gasteiger partial charge is 0.378 e. The second-order valence-electron chi connectivity index (χ2n) is 6.30. The minimum absolute atomic E-state index is 0.146. The molecule has 1 saturated heterocycles. The van der Waals surface area contributed by atoms with E-state index in [9.17, 15) is 4.79 Å². The van der Waals surface area contributed by atoms with Gasteiger partial charge >= 0.3 is 0 Å². The first-order valence-corrected chi connectivity index (χ1v) is 9.43. The van der Waals surface area contributed by atoms with Gasteiger partial charge in [-0.2, -0.15) is 11.8 Å². The quantitative estimate of drug-likeness (QED) is 0.841. The third-order valence-electron chi connectivity index (χ3n) is 4.41. The fourth-order valence-electron chi connectivity index (χ4n) is 3.01. The Morgan fingerprint density at radius 1 is 1.08 bits per heavy atom. The lowest BCUT2D eigenvalue weighted by Crippen LogP contribution is -2.33. The van der Waals surface area contributed by atoms with Crippen molar-refractivity contribution >= 4 is 23.4 Å². The molecule has 0 radical (unpaired) electrons. The van der Waals surface area contributed by atoms with Crippen molar-refractivity contribution in [2.75, 3.05) is 37.8 Å². The molecule has 0 N–H and O–H groups in total. The van der Waals surface area contributed by atoms with Gasteiger partial charge in [-0.1, -0.05) is 36.4 Å². The summed E-state index contributed by atoms with van der Waals surface area (Å²) < 4.78 is 0. The van der Waals surface area contributed by atoms with Gasteiger partial charge in [0.05, 0.1) is 0 Å². The molecule has 1 fully saturated rings. The van der Waals surface area contributed by atoms with Crippen molar-refractivity contribution in [2.45, 2.75) is 11.7 Å². The Bertz CT molecular complexity index is 687. The van der Waals surface area contributed by atoms with E-state index in [0.717, 1.165) is 36.5 Å². The van der Waals surface area contributed by atoms with E-state index in [-0.39, 0.29) is 5.91 Å². The standard InChI is InChI=1S/C20H24N2OS/c1-21(2)18-10-6-9-17(15-18)20(23)22-12-11-19(24-14-13-22)16-7-4-3-5-8-16/h3-10,15,19H,11-14H2,1-2H3/t19-/m1/s1. The molecule has 1 amide bonds. The smallest absolute Gasteiger partial charge is 0.253 e. The third-order valence-corrected chi connectivity index (χ3v) is 5.74. The molecular formula is C20H24N2OS. The topological polar surface area (TPSA) is 23.6 Å². The maximum absolute atomic E-state index is 12.9. The predicted molar refractivity (Wildman–Crippen MR) is 103 cm³/mol. The Labute approximate surface area is 148 Å². The number of nitrogens with zero attached hydrogens (tertiary/aromatic N) is 2. The van der Waals surface area contributed by atoms with Gasteiger partial charge in [0.2, 0.25) is 0 Å². The normalized spacial score (nSPS) is 18.1. The molecule has 24 heavy (non-hydrogen) atoms. The van der Waals surface area contributed by atoms with Crippen molar-refractivity contribution < 1.29 is 4.79 Å². The zero-order chi connectivity index (χ0) is 16.9. The van der Waals surface area contributed by atoms with E-state index in [4.69, 9.17) is 0 Å². The molecule has 2 aromatic rings. The number of hydrogen-bond acceptors (Lipinski definition) is 3. The Kier molecular flexibility index (Phi) is 5.46. The van der Waals surface area contributed by atoms with Gasteiger partial charge in [0.15, 0.2) is 0 Å². The van der Waals surface area contributed by atoms with Crippen molar-refractivity contribution in [3.63, 3.8) is 0 Å². The van der Waals surface area contributed by atoms with Crippen molar-refractivity contribution in [3.8, 4) is 0 Å². The van der Waals surface area contributed by atoms with Crippen LogP contribution in [0.5, 0.6) is 0 Å². The van der Waals surface area contributed by atoms with Crippen LogP contribution in [0.15, 0.2) is 54.6 Å². The zero-order valence-corrected chi connectivity index (χ0v) is 15.1. The number of carbonyl (C=O) groups excluding carboxylic acids is 1. The number of thioether (sulfide) groups is 1. The Balaban J connectivity index is 1.69. The molecule has 0 aromatic heterocycles. The van der Waals surface area contributed by atoms with E-state index in [0.29, 0.717) is 5.25 Å². The summed E-state index contributed by atoms with van der Waals surface area (Å²) in [7, 11) is 3.99. The number of carbonyl (C=O) groups is 1. The first-order valence-electron chi connectivity index (χ1n) is 8.38. The van der Waals surface area contributed by atoms with Gasteiger partial charge < -0.3 is 9.80 Å². The third kappa shape index (κ3) is 3.93. The number of anilines is 1. The molecule has 0 saturated carbocycles. The van der Waals surface area contributed by atoms with Crippen LogP contribution >= 0.6 is 11.8 Å². The maximum Gasteiger partial charge on any atom is 0.253 e. The number of rotatable bonds is 3. The molecule has 0 aliphatic carbocycles. The molecule has 4 heteroatoms. The monoisotopic (exact) mass is 340 g/mol. The highest BCUT2D eigenvalue weighted by molar-refractivity contribution is 7.99. The lowest BCUT2D eigenvalue weighted by molar-refractivity contribution is 0.0766. The summed E-state index contributed by atoms with van der Waals surface area (Å²) in [5.74, 6) is 1.13. The Morgan fingerprint density at radius 2 is 1.88 bits per heavy atom. The Hall–Kier alpha value is -1.94. The highest BCUT2D eigenvalue weighted by Crippen LogP contribution is 2.34. The van der Waals surface area contributed by atoms with Crippen molar-refractivity contribution in [2.24, 2.45) is 0 Å². The first kappa shape index (κ1) is 16.9. The van der Waals surface area contributed by atoms with Crippen LogP contribution in [0.1, 0.15) is 27.6 Å². The summed E-state index contributed by atoms with van der Waals surface area (Å²) in [6.07, 6.45) is 1.01. The van der Waals surface area contributed by atoms with Crippen LogP contribution in [0, 0.1) is 0 Å². The minimum atomic E-state index is 0.146. The van der Waals surface area contributed by atoms with Gasteiger partial charge in [0.25, 0.3) is 5.91 Å². The lowest BCUT2D eigenvalue weighted by Gasteiger charge is -2.21. The van der Waals surface area contributed by atoms with Crippen LogP contribution in [-0.4, -0.2) is 43.7 Å². The van der Waals surface area contributed by atoms with Gasteiger partial charge in [0.1, 0.15) is 0 Å². The molecule has 3 rings (SSSR count). The fraction of sp³-hybridized carbons (Fsp3) is 0.350. The molecule has 126 valence electrons. The first-order chi connectivity index (χ1) is 11.6. The minimum Gasteiger partial charge on any atom is -0.378 e. The molecule has 1 atom stereocenters. The highest BCUT2D eigenvalue weighted by Gasteiger charge is 2.23. The van der Waals surface area contributed by atoms with Crippen molar-refractivity contribution in [1.82, 2.24) is 4.90 Å². The molecule has 0 unspecified atom stereocenters. The summed E-state index contributed by atoms with van der Waals surface area (Å²) in [6.45, 7) is 1.64. The summed E-state index contributed by atoms with van der Waals surface area (Å²) in [6, 6.07) is 18.5. The van der Waals surface area contributed by atoms with Crippen molar-refractivity contribution in [3.05, 3.63) is 65.7 Å². The second-order valence-corrected chi connectivity index (χ2v) is 7.61. The lowest BCUT2D eigenvalue weighted by atomic mass is 10.1. The van der Waals surface area contributed by atoms with Crippen LogP contribution in [0.25, 0.3) is 0 Å². The average molecular weight is 340 g/mol. The zero-order valence-electron chi connectivity index (χ0n) is 14.3. The van der Waals surface area contributed by atoms with Gasteiger partial charge in [-0.15, -0.1) is 0 Å². The summed E-state index contributed by atoms with van der Waals surface area (Å²) in [5.41, 5.74) is 3.21. The summed E-state index contributed by atoms with van der Waals surface area (Å²) in [4.78, 5) is 16.9. The van der Waals surface area contributed by atoms with E-state index in [1.165, 1.54) is 5.56 Å². The van der Waals surface area contributed by atoms with Crippen LogP contribution in [-0.2, 0) is 0 Å². The van der Waals surface area contributed by atoms with Crippen molar-refractivity contribution in [1.29, 1.82) is 0 Å². The molecule has 1 heterocycles. The number of hydrogen-bond donors (Lipinski definition) is 0. The van der Waals surface area contributed by atoms with E-state index < -0.39 is 0 Å². The highest BCUT2D eigenvalue weighted by atomic mass is 32.2. The Morgan fingerprint density at radius 3 is 2.62 bits per heavy atom. The van der Waals surface area contributed by atoms with E-state index in [2.05, 4.69) is 30.3 Å². The maximum atomic E-state index is 12.9. The van der Waals surface area contributed by atoms with Gasteiger partial charge in [0, 0.05) is 49.4 Å². The number of benzene rings is 2. The molecular weight excluding hydrogens is 316 g/mol. The van der Waals surface area contributed by atoms with Gasteiger partial charge in [-0.05, 0) is 30.2 Å². The summed E-state index contributed by atoms with van der Waals surface area (Å²) >= 11 is 1.96. The average Bonchev–Trinajstić information content (AvgIpc) is 2.88. The van der Waals surface area contributed by atoms with Crippen LogP contribution in [0.3, 0.4) is 0 Å². The van der Waals surface area contributed by atoms with Crippen LogP contribution in [0.2, 0.25) is 0 Å². The summed E-state index contributed by atoms with van der Waals surface area (Å²) in [5, 5.41) is 0.483. The second kappa shape index (κ2) is 7.75. The molecule has 2 aromatic carbocycles. The molecule has 1 aliphatic heterocycles. The molecule has 3 nitrogen and oxygen atoms in total. The molecule has 1 aliphatic rings. The van der Waals surface area contributed by atoms with Crippen LogP contribution < -0.4 is 4.90 Å². The predicted octanol–water partition coefficient (Wildman–Crippen LogP) is 4.07. The molecule has 0 bridgehead atoms. The fourth-order valence-corrected chi connectivity index (χ4v) is 4.24. The van der Waals surface area contributed by atoms with Gasteiger partial charge in [-0.3, -0.25) is 4.79 Å². The SMILES string of the molecule is CN(C)c1cccc(C(=O)N2CCS[C@@H](c3ccccc3)CC2)c1. The van der Waals surface area contributed by atoms with E-state index in [1.807, 2.05) is 59.9 Å². The van der Waals surface area contributed by atoms with E-state index >= 15 is 0 Å². The molecule has 0 spiro atoms. The van der Waals surface area contributed by atoms with E-state index in [1.54, 1.807) is 0 Å². The number of amides is 1.